The summed E-state index contributed by atoms with van der Waals surface area (Å²) in [5.74, 6) is 0.134. The lowest BCUT2D eigenvalue weighted by Crippen LogP contribution is -2.19. The number of allylic oxidation sites excluding steroid dienone is 1. The molecule has 1 aliphatic heterocycles. The van der Waals surface area contributed by atoms with Crippen LogP contribution in [-0.2, 0) is 9.84 Å². The van der Waals surface area contributed by atoms with E-state index in [1.165, 1.54) is 0 Å². The highest BCUT2D eigenvalue weighted by Crippen LogP contribution is 2.35. The molecule has 1 atom stereocenters. The van der Waals surface area contributed by atoms with Crippen molar-refractivity contribution < 1.29 is 8.42 Å². The third-order valence-corrected chi connectivity index (χ3v) is 5.06. The van der Waals surface area contributed by atoms with E-state index in [0.29, 0.717) is 12.8 Å². The molecule has 3 nitrogen and oxygen atoms in total. The Hall–Kier alpha value is -1.60. The molecule has 1 unspecified atom stereocenters. The van der Waals surface area contributed by atoms with Crippen molar-refractivity contribution in [1.29, 1.82) is 5.26 Å². The summed E-state index contributed by atoms with van der Waals surface area (Å²) < 4.78 is 22.9. The van der Waals surface area contributed by atoms with Crippen molar-refractivity contribution in [1.82, 2.24) is 0 Å². The molecule has 1 fully saturated rings. The molecule has 0 N–H and O–H groups in total. The van der Waals surface area contributed by atoms with E-state index >= 15 is 0 Å². The first-order chi connectivity index (χ1) is 8.55. The molecule has 1 aromatic carbocycles. The minimum atomic E-state index is -3.02. The van der Waals surface area contributed by atoms with E-state index in [1.807, 2.05) is 42.5 Å². The van der Waals surface area contributed by atoms with Crippen LogP contribution in [0.2, 0.25) is 0 Å². The maximum Gasteiger partial charge on any atom is 0.151 e. The molecule has 0 bridgehead atoms. The average molecular weight is 261 g/mol. The smallest absolute Gasteiger partial charge is 0.151 e. The Morgan fingerprint density at radius 2 is 2.06 bits per heavy atom. The normalized spacial score (nSPS) is 26.2. The predicted molar refractivity (Wildman–Crippen MR) is 71.4 cm³/mol. The first kappa shape index (κ1) is 12.8. The van der Waals surface area contributed by atoms with Gasteiger partial charge in [0.2, 0.25) is 0 Å². The van der Waals surface area contributed by atoms with Crippen LogP contribution in [-0.4, -0.2) is 19.9 Å². The molecule has 1 heterocycles. The van der Waals surface area contributed by atoms with E-state index in [9.17, 15) is 13.7 Å². The molecule has 0 aliphatic carbocycles. The van der Waals surface area contributed by atoms with Crippen LogP contribution in [0.4, 0.5) is 0 Å². The average Bonchev–Trinajstić information content (AvgIpc) is 2.67. The number of benzene rings is 1. The fourth-order valence-electron chi connectivity index (χ4n) is 2.20. The van der Waals surface area contributed by atoms with Crippen LogP contribution in [0.3, 0.4) is 0 Å². The zero-order valence-electron chi connectivity index (χ0n) is 10.0. The maximum atomic E-state index is 11.5. The van der Waals surface area contributed by atoms with Crippen molar-refractivity contribution >= 4 is 15.9 Å². The van der Waals surface area contributed by atoms with Crippen molar-refractivity contribution in [2.45, 2.75) is 12.8 Å². The number of nitrogens with zero attached hydrogens (tertiary/aromatic N) is 1. The summed E-state index contributed by atoms with van der Waals surface area (Å²) in [6.45, 7) is 0. The molecule has 1 aromatic rings. The van der Waals surface area contributed by atoms with Gasteiger partial charge in [-0.2, -0.15) is 5.26 Å². The summed E-state index contributed by atoms with van der Waals surface area (Å²) in [4.78, 5) is 0. The summed E-state index contributed by atoms with van der Waals surface area (Å²) in [5.41, 5.74) is 0.343. The van der Waals surface area contributed by atoms with Gasteiger partial charge in [0.05, 0.1) is 23.0 Å². The van der Waals surface area contributed by atoms with Gasteiger partial charge in [0, 0.05) is 0 Å². The molecular formula is C14H15NO2S. The Balaban J connectivity index is 2.06. The Bertz CT molecular complexity index is 584. The summed E-state index contributed by atoms with van der Waals surface area (Å²) in [5, 5.41) is 9.20. The minimum Gasteiger partial charge on any atom is -0.229 e. The van der Waals surface area contributed by atoms with Gasteiger partial charge < -0.3 is 0 Å². The number of nitriles is 1. The Morgan fingerprint density at radius 3 is 2.61 bits per heavy atom. The van der Waals surface area contributed by atoms with E-state index in [2.05, 4.69) is 6.07 Å². The summed E-state index contributed by atoms with van der Waals surface area (Å²) in [6, 6.07) is 12.0. The first-order valence-electron chi connectivity index (χ1n) is 5.89. The molecule has 18 heavy (non-hydrogen) atoms. The third-order valence-electron chi connectivity index (χ3n) is 3.24. The van der Waals surface area contributed by atoms with Gasteiger partial charge in [0.25, 0.3) is 0 Å². The Morgan fingerprint density at radius 1 is 1.33 bits per heavy atom. The second kappa shape index (κ2) is 4.95. The second-order valence-corrected chi connectivity index (χ2v) is 6.94. The van der Waals surface area contributed by atoms with E-state index in [0.717, 1.165) is 5.56 Å². The molecule has 2 rings (SSSR count). The Kier molecular flexibility index (Phi) is 3.53. The van der Waals surface area contributed by atoms with E-state index in [1.54, 1.807) is 0 Å². The number of sulfone groups is 1. The minimum absolute atomic E-state index is 0.00434. The summed E-state index contributed by atoms with van der Waals surface area (Å²) in [6.07, 6.45) is 4.78. The van der Waals surface area contributed by atoms with Gasteiger partial charge in [-0.25, -0.2) is 8.42 Å². The molecular weight excluding hydrogens is 246 g/mol. The highest BCUT2D eigenvalue weighted by Gasteiger charge is 2.41. The fourth-order valence-corrected chi connectivity index (χ4v) is 4.21. The molecule has 94 valence electrons. The maximum absolute atomic E-state index is 11.5. The van der Waals surface area contributed by atoms with Crippen LogP contribution in [0.5, 0.6) is 0 Å². The largest absolute Gasteiger partial charge is 0.229 e. The van der Waals surface area contributed by atoms with Crippen LogP contribution in [0.15, 0.2) is 36.4 Å². The van der Waals surface area contributed by atoms with Gasteiger partial charge in [0.1, 0.15) is 0 Å². The summed E-state index contributed by atoms with van der Waals surface area (Å²) in [7, 11) is -3.02. The molecule has 0 aromatic heterocycles. The fraction of sp³-hybridized carbons (Fsp3) is 0.357. The lowest BCUT2D eigenvalue weighted by molar-refractivity contribution is 0.461. The molecule has 1 saturated heterocycles. The van der Waals surface area contributed by atoms with E-state index in [4.69, 9.17) is 0 Å². The summed E-state index contributed by atoms with van der Waals surface area (Å²) >= 11 is 0. The molecule has 0 saturated carbocycles. The molecule has 1 aliphatic rings. The van der Waals surface area contributed by atoms with Crippen molar-refractivity contribution in [3.05, 3.63) is 42.0 Å². The molecule has 0 amide bonds. The zero-order chi connectivity index (χ0) is 13.1. The lowest BCUT2D eigenvalue weighted by Gasteiger charge is -2.15. The first-order valence-corrected chi connectivity index (χ1v) is 7.71. The molecule has 0 radical (unpaired) electrons. The topological polar surface area (TPSA) is 57.9 Å². The van der Waals surface area contributed by atoms with Crippen LogP contribution < -0.4 is 0 Å². The third kappa shape index (κ3) is 2.99. The number of hydrogen-bond donors (Lipinski definition) is 0. The van der Waals surface area contributed by atoms with Crippen molar-refractivity contribution in [2.75, 3.05) is 11.5 Å². The van der Waals surface area contributed by atoms with Crippen LogP contribution in [0, 0.1) is 16.7 Å². The second-order valence-electron chi connectivity index (χ2n) is 4.75. The van der Waals surface area contributed by atoms with Gasteiger partial charge in [-0.15, -0.1) is 0 Å². The monoisotopic (exact) mass is 261 g/mol. The van der Waals surface area contributed by atoms with E-state index < -0.39 is 15.3 Å². The van der Waals surface area contributed by atoms with Crippen molar-refractivity contribution in [3.8, 4) is 6.07 Å². The number of rotatable bonds is 3. The highest BCUT2D eigenvalue weighted by molar-refractivity contribution is 7.91. The van der Waals surface area contributed by atoms with Gasteiger partial charge in [-0.3, -0.25) is 0 Å². The van der Waals surface area contributed by atoms with Crippen molar-refractivity contribution in [2.24, 2.45) is 5.41 Å². The SMILES string of the molecule is N#CC1(C/C=C/c2ccccc2)CCS(=O)(=O)C1. The zero-order valence-corrected chi connectivity index (χ0v) is 10.9. The number of hydrogen-bond acceptors (Lipinski definition) is 3. The van der Waals surface area contributed by atoms with Crippen LogP contribution in [0.1, 0.15) is 18.4 Å². The van der Waals surface area contributed by atoms with Crippen LogP contribution in [0.25, 0.3) is 6.08 Å². The van der Waals surface area contributed by atoms with Gasteiger partial charge in [0.15, 0.2) is 9.84 Å². The van der Waals surface area contributed by atoms with Gasteiger partial charge in [-0.05, 0) is 18.4 Å². The van der Waals surface area contributed by atoms with E-state index in [-0.39, 0.29) is 11.5 Å². The molecule has 0 spiro atoms. The lowest BCUT2D eigenvalue weighted by atomic mass is 9.85. The van der Waals surface area contributed by atoms with Crippen molar-refractivity contribution in [3.63, 3.8) is 0 Å². The Labute approximate surface area is 108 Å². The van der Waals surface area contributed by atoms with Gasteiger partial charge >= 0.3 is 0 Å². The predicted octanol–water partition coefficient (Wildman–Crippen LogP) is 2.42. The van der Waals surface area contributed by atoms with Crippen LogP contribution >= 0.6 is 0 Å². The molecule has 4 heteroatoms. The van der Waals surface area contributed by atoms with Gasteiger partial charge in [-0.1, -0.05) is 42.5 Å². The quantitative estimate of drug-likeness (QED) is 0.839. The highest BCUT2D eigenvalue weighted by atomic mass is 32.2. The standard InChI is InChI=1S/C14H15NO2S/c15-11-14(9-10-18(16,17)12-14)8-4-7-13-5-2-1-3-6-13/h1-7H,8-10,12H2/b7-4+.